The first-order valence-electron chi connectivity index (χ1n) is 13.5. The monoisotopic (exact) mass is 600 g/mol. The van der Waals surface area contributed by atoms with E-state index in [0.29, 0.717) is 30.2 Å². The van der Waals surface area contributed by atoms with Crippen molar-refractivity contribution < 1.29 is 37.0 Å². The quantitative estimate of drug-likeness (QED) is 0.295. The first-order chi connectivity index (χ1) is 20.7. The standard InChI is InChI=1S/C29H31F3N6O5/c1-42-16-23-25(27(39)43-2)26(17-3-5-21(31)22(32)14-17)38(29(41)36-23)28(40)35-10-9-34-20-7-11-37(12-8-20)24-6-4-19(30)13-18(24)15-33/h3-6,13-14,20,26,34H,7-12,16H2,1-2H3,(H,35,40)(H,36,41)/t26-/m0/s1. The fourth-order valence-corrected chi connectivity index (χ4v) is 5.21. The molecule has 2 aliphatic heterocycles. The van der Waals surface area contributed by atoms with Crippen molar-refractivity contribution in [1.29, 1.82) is 5.26 Å². The summed E-state index contributed by atoms with van der Waals surface area (Å²) in [6.45, 7) is 1.51. The molecule has 1 atom stereocenters. The average molecular weight is 601 g/mol. The molecule has 0 unspecified atom stereocenters. The Morgan fingerprint density at radius 2 is 1.81 bits per heavy atom. The molecule has 4 rings (SSSR count). The number of ether oxygens (including phenoxy) is 2. The molecule has 0 radical (unpaired) electrons. The highest BCUT2D eigenvalue weighted by Gasteiger charge is 2.43. The molecule has 2 heterocycles. The van der Waals surface area contributed by atoms with Crippen LogP contribution in [-0.4, -0.2) is 76.0 Å². The molecule has 2 aromatic rings. The summed E-state index contributed by atoms with van der Waals surface area (Å²) in [5.74, 6) is -3.72. The van der Waals surface area contributed by atoms with E-state index >= 15 is 0 Å². The zero-order valence-corrected chi connectivity index (χ0v) is 23.6. The van der Waals surface area contributed by atoms with Crippen LogP contribution < -0.4 is 20.9 Å². The number of nitrogens with one attached hydrogen (secondary N) is 3. The summed E-state index contributed by atoms with van der Waals surface area (Å²) in [5.41, 5.74) is 0.781. The van der Waals surface area contributed by atoms with Gasteiger partial charge >= 0.3 is 18.0 Å². The number of imide groups is 1. The highest BCUT2D eigenvalue weighted by Crippen LogP contribution is 2.35. The number of amides is 4. The van der Waals surface area contributed by atoms with Crippen LogP contribution in [0, 0.1) is 28.8 Å². The number of hydrogen-bond acceptors (Lipinski definition) is 8. The van der Waals surface area contributed by atoms with E-state index in [4.69, 9.17) is 9.47 Å². The van der Waals surface area contributed by atoms with Crippen LogP contribution in [0.3, 0.4) is 0 Å². The van der Waals surface area contributed by atoms with E-state index in [0.717, 1.165) is 32.1 Å². The third-order valence-electron chi connectivity index (χ3n) is 7.25. The van der Waals surface area contributed by atoms with E-state index in [1.807, 2.05) is 11.0 Å². The number of carbonyl (C=O) groups is 3. The van der Waals surface area contributed by atoms with E-state index in [1.54, 1.807) is 6.07 Å². The molecule has 1 fully saturated rings. The van der Waals surface area contributed by atoms with Gasteiger partial charge in [0.1, 0.15) is 17.9 Å². The molecule has 0 spiro atoms. The van der Waals surface area contributed by atoms with Crippen molar-refractivity contribution in [2.75, 3.05) is 51.9 Å². The van der Waals surface area contributed by atoms with E-state index < -0.39 is 41.5 Å². The highest BCUT2D eigenvalue weighted by atomic mass is 19.2. The van der Waals surface area contributed by atoms with Crippen molar-refractivity contribution in [3.8, 4) is 6.07 Å². The number of halogens is 3. The van der Waals surface area contributed by atoms with Crippen molar-refractivity contribution in [2.45, 2.75) is 24.9 Å². The Morgan fingerprint density at radius 3 is 2.47 bits per heavy atom. The van der Waals surface area contributed by atoms with Gasteiger partial charge in [-0.2, -0.15) is 5.26 Å². The minimum absolute atomic E-state index is 0.0219. The van der Waals surface area contributed by atoms with Crippen LogP contribution in [-0.2, 0) is 14.3 Å². The van der Waals surface area contributed by atoms with Gasteiger partial charge in [-0.3, -0.25) is 0 Å². The van der Waals surface area contributed by atoms with Crippen LogP contribution in [0.2, 0.25) is 0 Å². The van der Waals surface area contributed by atoms with Gasteiger partial charge in [0.25, 0.3) is 0 Å². The third kappa shape index (κ3) is 7.07. The van der Waals surface area contributed by atoms with Crippen LogP contribution in [0.25, 0.3) is 0 Å². The molecule has 2 aliphatic rings. The fraction of sp³-hybridized carbons (Fsp3) is 0.379. The highest BCUT2D eigenvalue weighted by molar-refractivity contribution is 6.01. The van der Waals surface area contributed by atoms with Gasteiger partial charge in [-0.05, 0) is 48.7 Å². The van der Waals surface area contributed by atoms with Crippen LogP contribution in [0.1, 0.15) is 30.0 Å². The molecule has 0 bridgehead atoms. The summed E-state index contributed by atoms with van der Waals surface area (Å²) in [6, 6.07) is 5.90. The predicted octanol–water partition coefficient (Wildman–Crippen LogP) is 3.08. The number of hydrogen-bond donors (Lipinski definition) is 3. The van der Waals surface area contributed by atoms with Gasteiger partial charge in [0.2, 0.25) is 0 Å². The molecule has 1 saturated heterocycles. The number of carbonyl (C=O) groups excluding carboxylic acids is 3. The second kappa shape index (κ2) is 14.0. The van der Waals surface area contributed by atoms with Crippen molar-refractivity contribution >= 4 is 23.7 Å². The minimum atomic E-state index is -1.43. The summed E-state index contributed by atoms with van der Waals surface area (Å²) in [4.78, 5) is 41.9. The lowest BCUT2D eigenvalue weighted by atomic mass is 9.93. The largest absolute Gasteiger partial charge is 0.466 e. The Kier molecular flexibility index (Phi) is 10.2. The molecule has 0 aromatic heterocycles. The number of esters is 1. The number of methoxy groups -OCH3 is 2. The van der Waals surface area contributed by atoms with Crippen molar-refractivity contribution in [3.63, 3.8) is 0 Å². The molecule has 228 valence electrons. The van der Waals surface area contributed by atoms with Gasteiger partial charge in [0.15, 0.2) is 11.6 Å². The number of urea groups is 2. The topological polar surface area (TPSA) is 136 Å². The second-order valence-corrected chi connectivity index (χ2v) is 9.91. The van der Waals surface area contributed by atoms with E-state index in [1.165, 1.54) is 25.3 Å². The number of piperidine rings is 1. The van der Waals surface area contributed by atoms with Crippen molar-refractivity contribution in [3.05, 3.63) is 76.2 Å². The van der Waals surface area contributed by atoms with Gasteiger partial charge < -0.3 is 30.3 Å². The number of nitriles is 1. The van der Waals surface area contributed by atoms with Gasteiger partial charge in [-0.25, -0.2) is 32.5 Å². The minimum Gasteiger partial charge on any atom is -0.466 e. The number of nitrogens with zero attached hydrogens (tertiary/aromatic N) is 3. The first-order valence-corrected chi connectivity index (χ1v) is 13.5. The number of benzene rings is 2. The van der Waals surface area contributed by atoms with Crippen LogP contribution >= 0.6 is 0 Å². The molecule has 4 amide bonds. The van der Waals surface area contributed by atoms with Gasteiger partial charge in [-0.1, -0.05) is 6.07 Å². The third-order valence-corrected chi connectivity index (χ3v) is 7.25. The lowest BCUT2D eigenvalue weighted by molar-refractivity contribution is -0.137. The summed E-state index contributed by atoms with van der Waals surface area (Å²) >= 11 is 0. The second-order valence-electron chi connectivity index (χ2n) is 9.91. The molecule has 0 saturated carbocycles. The zero-order chi connectivity index (χ0) is 31.1. The molecule has 3 N–H and O–H groups in total. The molecule has 2 aromatic carbocycles. The first kappa shape index (κ1) is 31.3. The Hall–Kier alpha value is -4.61. The lowest BCUT2D eigenvalue weighted by Gasteiger charge is -2.37. The summed E-state index contributed by atoms with van der Waals surface area (Å²) in [5, 5.41) is 17.8. The Balaban J connectivity index is 1.41. The normalized spacial score (nSPS) is 17.4. The van der Waals surface area contributed by atoms with Gasteiger partial charge in [0, 0.05) is 39.3 Å². The Labute approximate surface area is 246 Å². The lowest BCUT2D eigenvalue weighted by Crippen LogP contribution is -2.56. The smallest absolute Gasteiger partial charge is 0.338 e. The van der Waals surface area contributed by atoms with E-state index in [2.05, 4.69) is 16.0 Å². The summed E-state index contributed by atoms with van der Waals surface area (Å²) in [6.07, 6.45) is 1.47. The fourth-order valence-electron chi connectivity index (χ4n) is 5.21. The number of rotatable bonds is 9. The SMILES string of the molecule is COCC1=C(C(=O)OC)[C@H](c2ccc(F)c(F)c2)N(C(=O)NCCNC2CCN(c3ccc(F)cc3C#N)CC2)C(=O)N1. The molecular weight excluding hydrogens is 569 g/mol. The van der Waals surface area contributed by atoms with Crippen LogP contribution in [0.15, 0.2) is 47.7 Å². The van der Waals surface area contributed by atoms with E-state index in [-0.39, 0.29) is 41.6 Å². The maximum absolute atomic E-state index is 14.2. The maximum atomic E-state index is 14.2. The molecular formula is C29H31F3N6O5. The molecule has 11 nitrogen and oxygen atoms in total. The summed E-state index contributed by atoms with van der Waals surface area (Å²) in [7, 11) is 2.45. The van der Waals surface area contributed by atoms with Crippen molar-refractivity contribution in [1.82, 2.24) is 20.9 Å². The number of anilines is 1. The summed E-state index contributed by atoms with van der Waals surface area (Å²) < 4.78 is 51.4. The van der Waals surface area contributed by atoms with Gasteiger partial charge in [-0.15, -0.1) is 0 Å². The predicted molar refractivity (Wildman–Crippen MR) is 148 cm³/mol. The molecule has 0 aliphatic carbocycles. The van der Waals surface area contributed by atoms with E-state index in [9.17, 15) is 32.8 Å². The Bertz CT molecular complexity index is 1450. The maximum Gasteiger partial charge on any atom is 0.338 e. The molecule has 43 heavy (non-hydrogen) atoms. The molecule has 14 heteroatoms. The Morgan fingerprint density at radius 1 is 1.07 bits per heavy atom. The van der Waals surface area contributed by atoms with Gasteiger partial charge in [0.05, 0.1) is 36.2 Å². The van der Waals surface area contributed by atoms with Crippen molar-refractivity contribution in [2.24, 2.45) is 0 Å². The average Bonchev–Trinajstić information content (AvgIpc) is 3.00. The van der Waals surface area contributed by atoms with Crippen LogP contribution in [0.4, 0.5) is 28.4 Å². The van der Waals surface area contributed by atoms with Crippen LogP contribution in [0.5, 0.6) is 0 Å². The zero-order valence-electron chi connectivity index (χ0n) is 23.6.